The Hall–Kier alpha value is -3.10. The minimum absolute atomic E-state index is 0.0732. The number of methoxy groups -OCH3 is 2. The summed E-state index contributed by atoms with van der Waals surface area (Å²) < 4.78 is 49.0. The molecule has 0 atom stereocenters. The molecule has 0 aliphatic heterocycles. The Morgan fingerprint density at radius 1 is 1.00 bits per heavy atom. The zero-order valence-electron chi connectivity index (χ0n) is 14.9. The SMILES string of the molecule is COc1cc2nc(C)nc(NCc3cccc(C(F)(F)F)n3)c2cc1OC. The molecule has 3 aromatic rings. The Morgan fingerprint density at radius 2 is 1.70 bits per heavy atom. The number of ether oxygens (including phenoxy) is 2. The standard InChI is InChI=1S/C18H17F3N4O2/c1-10-23-13-8-15(27-3)14(26-2)7-12(13)17(24-10)22-9-11-5-4-6-16(25-11)18(19,20)21/h4-8H,9H2,1-3H3,(H,22,23,24). The molecule has 27 heavy (non-hydrogen) atoms. The van der Waals surface area contributed by atoms with Crippen LogP contribution in [0.1, 0.15) is 17.2 Å². The van der Waals surface area contributed by atoms with Crippen molar-refractivity contribution >= 4 is 16.7 Å². The summed E-state index contributed by atoms with van der Waals surface area (Å²) in [6.45, 7) is 1.80. The van der Waals surface area contributed by atoms with E-state index in [1.807, 2.05) is 0 Å². The van der Waals surface area contributed by atoms with Gasteiger partial charge >= 0.3 is 6.18 Å². The van der Waals surface area contributed by atoms with Crippen molar-refractivity contribution in [2.75, 3.05) is 19.5 Å². The maximum absolute atomic E-state index is 12.8. The fourth-order valence-electron chi connectivity index (χ4n) is 2.62. The fraction of sp³-hybridized carbons (Fsp3) is 0.278. The van der Waals surface area contributed by atoms with E-state index in [1.165, 1.54) is 26.4 Å². The van der Waals surface area contributed by atoms with E-state index in [2.05, 4.69) is 20.3 Å². The van der Waals surface area contributed by atoms with Gasteiger partial charge in [-0.1, -0.05) is 6.07 Å². The summed E-state index contributed by atoms with van der Waals surface area (Å²) in [5.41, 5.74) is -0.0636. The predicted octanol–water partition coefficient (Wildman–Crippen LogP) is 3.98. The van der Waals surface area contributed by atoms with Gasteiger partial charge in [-0.3, -0.25) is 0 Å². The smallest absolute Gasteiger partial charge is 0.433 e. The largest absolute Gasteiger partial charge is 0.493 e. The molecule has 0 aliphatic rings. The molecule has 0 saturated heterocycles. The van der Waals surface area contributed by atoms with Crippen molar-refractivity contribution in [3.8, 4) is 11.5 Å². The first-order chi connectivity index (χ1) is 12.8. The van der Waals surface area contributed by atoms with Crippen molar-refractivity contribution in [2.45, 2.75) is 19.6 Å². The highest BCUT2D eigenvalue weighted by Crippen LogP contribution is 2.34. The minimum Gasteiger partial charge on any atom is -0.493 e. The minimum atomic E-state index is -4.49. The summed E-state index contributed by atoms with van der Waals surface area (Å²) in [6.07, 6.45) is -4.49. The van der Waals surface area contributed by atoms with Crippen LogP contribution in [0.5, 0.6) is 11.5 Å². The van der Waals surface area contributed by atoms with Crippen LogP contribution < -0.4 is 14.8 Å². The fourth-order valence-corrected chi connectivity index (χ4v) is 2.62. The number of nitrogens with zero attached hydrogens (tertiary/aromatic N) is 3. The van der Waals surface area contributed by atoms with E-state index >= 15 is 0 Å². The van der Waals surface area contributed by atoms with Gasteiger partial charge in [0.15, 0.2) is 11.5 Å². The average molecular weight is 378 g/mol. The van der Waals surface area contributed by atoms with Gasteiger partial charge in [-0.15, -0.1) is 0 Å². The number of alkyl halides is 3. The number of halogens is 3. The van der Waals surface area contributed by atoms with Gasteiger partial charge in [0, 0.05) is 11.5 Å². The lowest BCUT2D eigenvalue weighted by atomic mass is 10.2. The third-order valence-electron chi connectivity index (χ3n) is 3.85. The Bertz CT molecular complexity index is 977. The van der Waals surface area contributed by atoms with Crippen LogP contribution in [-0.4, -0.2) is 29.2 Å². The molecule has 0 bridgehead atoms. The van der Waals surface area contributed by atoms with E-state index in [0.29, 0.717) is 34.0 Å². The number of rotatable bonds is 5. The number of anilines is 1. The summed E-state index contributed by atoms with van der Waals surface area (Å²) in [5, 5.41) is 3.69. The molecule has 142 valence electrons. The highest BCUT2D eigenvalue weighted by molar-refractivity contribution is 5.91. The summed E-state index contributed by atoms with van der Waals surface area (Å²) in [6, 6.07) is 7.21. The van der Waals surface area contributed by atoms with Gasteiger partial charge < -0.3 is 14.8 Å². The number of benzene rings is 1. The molecule has 3 rings (SSSR count). The quantitative estimate of drug-likeness (QED) is 0.724. The molecule has 9 heteroatoms. The number of nitrogens with one attached hydrogen (secondary N) is 1. The number of pyridine rings is 1. The molecular weight excluding hydrogens is 361 g/mol. The van der Waals surface area contributed by atoms with Crippen LogP contribution in [0.2, 0.25) is 0 Å². The average Bonchev–Trinajstić information content (AvgIpc) is 2.64. The molecule has 0 amide bonds. The molecule has 1 aromatic carbocycles. The van der Waals surface area contributed by atoms with Gasteiger partial charge in [0.05, 0.1) is 32.0 Å². The second-order valence-electron chi connectivity index (χ2n) is 5.71. The summed E-state index contributed by atoms with van der Waals surface area (Å²) >= 11 is 0. The normalized spacial score (nSPS) is 11.5. The van der Waals surface area contributed by atoms with Crippen molar-refractivity contribution in [3.63, 3.8) is 0 Å². The maximum atomic E-state index is 12.8. The second kappa shape index (κ2) is 7.26. The molecule has 0 spiro atoms. The van der Waals surface area contributed by atoms with Gasteiger partial charge in [0.1, 0.15) is 17.3 Å². The zero-order valence-corrected chi connectivity index (χ0v) is 14.9. The summed E-state index contributed by atoms with van der Waals surface area (Å²) in [4.78, 5) is 12.4. The molecule has 0 aliphatic carbocycles. The van der Waals surface area contributed by atoms with Crippen LogP contribution in [-0.2, 0) is 12.7 Å². The predicted molar refractivity (Wildman–Crippen MR) is 93.9 cm³/mol. The zero-order chi connectivity index (χ0) is 19.6. The van der Waals surface area contributed by atoms with Crippen molar-refractivity contribution in [1.82, 2.24) is 15.0 Å². The lowest BCUT2D eigenvalue weighted by Crippen LogP contribution is -2.11. The molecule has 1 N–H and O–H groups in total. The molecule has 0 saturated carbocycles. The number of fused-ring (bicyclic) bond motifs is 1. The first-order valence-corrected chi connectivity index (χ1v) is 7.99. The Labute approximate surface area is 153 Å². The molecular formula is C18H17F3N4O2. The van der Waals surface area contributed by atoms with Crippen LogP contribution in [0.15, 0.2) is 30.3 Å². The molecule has 0 radical (unpaired) electrons. The number of aryl methyl sites for hydroxylation is 1. The lowest BCUT2D eigenvalue weighted by molar-refractivity contribution is -0.141. The number of aromatic nitrogens is 3. The molecule has 2 aromatic heterocycles. The van der Waals surface area contributed by atoms with E-state index in [1.54, 1.807) is 19.1 Å². The Kier molecular flexibility index (Phi) is 5.02. The van der Waals surface area contributed by atoms with Crippen LogP contribution >= 0.6 is 0 Å². The van der Waals surface area contributed by atoms with Gasteiger partial charge in [-0.05, 0) is 25.1 Å². The van der Waals surface area contributed by atoms with Crippen LogP contribution in [0.3, 0.4) is 0 Å². The third kappa shape index (κ3) is 4.02. The van der Waals surface area contributed by atoms with E-state index in [9.17, 15) is 13.2 Å². The third-order valence-corrected chi connectivity index (χ3v) is 3.85. The highest BCUT2D eigenvalue weighted by atomic mass is 19.4. The Morgan fingerprint density at radius 3 is 2.37 bits per heavy atom. The van der Waals surface area contributed by atoms with Crippen molar-refractivity contribution in [1.29, 1.82) is 0 Å². The first-order valence-electron chi connectivity index (χ1n) is 7.99. The topological polar surface area (TPSA) is 69.2 Å². The van der Waals surface area contributed by atoms with Crippen molar-refractivity contribution in [3.05, 3.63) is 47.5 Å². The molecule has 0 fully saturated rings. The molecule has 0 unspecified atom stereocenters. The van der Waals surface area contributed by atoms with Crippen LogP contribution in [0.4, 0.5) is 19.0 Å². The monoisotopic (exact) mass is 378 g/mol. The van der Waals surface area contributed by atoms with Crippen LogP contribution in [0.25, 0.3) is 10.9 Å². The first kappa shape index (κ1) is 18.7. The van der Waals surface area contributed by atoms with E-state index in [0.717, 1.165) is 6.07 Å². The van der Waals surface area contributed by atoms with E-state index in [-0.39, 0.29) is 12.2 Å². The molecule has 2 heterocycles. The second-order valence-corrected chi connectivity index (χ2v) is 5.71. The van der Waals surface area contributed by atoms with Crippen LogP contribution in [0, 0.1) is 6.92 Å². The Balaban J connectivity index is 1.95. The van der Waals surface area contributed by atoms with E-state index < -0.39 is 11.9 Å². The molecule has 6 nitrogen and oxygen atoms in total. The lowest BCUT2D eigenvalue weighted by Gasteiger charge is -2.13. The number of hydrogen-bond donors (Lipinski definition) is 1. The van der Waals surface area contributed by atoms with Gasteiger partial charge in [-0.25, -0.2) is 15.0 Å². The van der Waals surface area contributed by atoms with Crippen molar-refractivity contribution < 1.29 is 22.6 Å². The van der Waals surface area contributed by atoms with E-state index in [4.69, 9.17) is 9.47 Å². The van der Waals surface area contributed by atoms with Gasteiger partial charge in [-0.2, -0.15) is 13.2 Å². The van der Waals surface area contributed by atoms with Gasteiger partial charge in [0.25, 0.3) is 0 Å². The van der Waals surface area contributed by atoms with Crippen molar-refractivity contribution in [2.24, 2.45) is 0 Å². The highest BCUT2D eigenvalue weighted by Gasteiger charge is 2.32. The summed E-state index contributed by atoms with van der Waals surface area (Å²) in [5.74, 6) is 2.00. The number of hydrogen-bond acceptors (Lipinski definition) is 6. The maximum Gasteiger partial charge on any atom is 0.433 e. The van der Waals surface area contributed by atoms with Gasteiger partial charge in [0.2, 0.25) is 0 Å². The summed E-state index contributed by atoms with van der Waals surface area (Å²) in [7, 11) is 3.04.